The number of benzene rings is 1. The van der Waals surface area contributed by atoms with Crippen LogP contribution in [0.15, 0.2) is 23.1 Å². The molecule has 0 amide bonds. The molecule has 0 atom stereocenters. The van der Waals surface area contributed by atoms with Gasteiger partial charge in [0.1, 0.15) is 11.6 Å². The molecule has 0 spiro atoms. The molecule has 1 heterocycles. The van der Waals surface area contributed by atoms with Crippen molar-refractivity contribution in [1.29, 1.82) is 0 Å². The molecule has 1 aliphatic heterocycles. The molecule has 5 nitrogen and oxygen atoms in total. The van der Waals surface area contributed by atoms with Crippen LogP contribution in [0.25, 0.3) is 0 Å². The van der Waals surface area contributed by atoms with Gasteiger partial charge in [-0.2, -0.15) is 4.31 Å². The minimum Gasteiger partial charge on any atom is -0.481 e. The summed E-state index contributed by atoms with van der Waals surface area (Å²) in [5, 5.41) is 8.89. The monoisotopic (exact) mass is 291 g/mol. The molecule has 0 unspecified atom stereocenters. The van der Waals surface area contributed by atoms with Crippen molar-refractivity contribution in [2.75, 3.05) is 13.1 Å². The molecule has 2 rings (SSSR count). The van der Waals surface area contributed by atoms with Gasteiger partial charge in [-0.3, -0.25) is 4.79 Å². The highest BCUT2D eigenvalue weighted by Crippen LogP contribution is 2.35. The number of carbonyl (C=O) groups is 1. The van der Waals surface area contributed by atoms with Crippen LogP contribution >= 0.6 is 0 Å². The van der Waals surface area contributed by atoms with Crippen LogP contribution in [0.3, 0.4) is 0 Å². The van der Waals surface area contributed by atoms with E-state index in [2.05, 4.69) is 0 Å². The third kappa shape index (κ3) is 2.10. The number of aliphatic carboxylic acids is 1. The highest BCUT2D eigenvalue weighted by atomic mass is 32.2. The van der Waals surface area contributed by atoms with Crippen LogP contribution < -0.4 is 0 Å². The van der Waals surface area contributed by atoms with Crippen LogP contribution in [0.1, 0.15) is 6.92 Å². The molecule has 104 valence electrons. The fourth-order valence-corrected chi connectivity index (χ4v) is 3.69. The fraction of sp³-hybridized carbons (Fsp3) is 0.364. The van der Waals surface area contributed by atoms with Crippen LogP contribution in [0.2, 0.25) is 0 Å². The first-order valence-corrected chi connectivity index (χ1v) is 6.80. The molecule has 0 bridgehead atoms. The van der Waals surface area contributed by atoms with E-state index in [-0.39, 0.29) is 13.1 Å². The molecule has 0 aliphatic carbocycles. The van der Waals surface area contributed by atoms with Gasteiger partial charge in [-0.1, -0.05) is 6.07 Å². The van der Waals surface area contributed by atoms with Crippen molar-refractivity contribution >= 4 is 16.0 Å². The zero-order valence-corrected chi connectivity index (χ0v) is 10.7. The lowest BCUT2D eigenvalue weighted by atomic mass is 9.84. The smallest absolute Gasteiger partial charge is 0.312 e. The summed E-state index contributed by atoms with van der Waals surface area (Å²) < 4.78 is 51.7. The predicted octanol–water partition coefficient (Wildman–Crippen LogP) is 1.06. The maximum absolute atomic E-state index is 13.5. The third-order valence-corrected chi connectivity index (χ3v) is 4.93. The van der Waals surface area contributed by atoms with Gasteiger partial charge in [-0.05, 0) is 19.1 Å². The van der Waals surface area contributed by atoms with Gasteiger partial charge in [-0.25, -0.2) is 17.2 Å². The van der Waals surface area contributed by atoms with Crippen molar-refractivity contribution in [3.8, 4) is 0 Å². The first-order chi connectivity index (χ1) is 8.68. The Hall–Kier alpha value is -1.54. The van der Waals surface area contributed by atoms with Crippen molar-refractivity contribution in [3.05, 3.63) is 29.8 Å². The van der Waals surface area contributed by atoms with Crippen molar-refractivity contribution in [1.82, 2.24) is 4.31 Å². The third-order valence-electron chi connectivity index (χ3n) is 3.08. The van der Waals surface area contributed by atoms with Crippen molar-refractivity contribution in [3.63, 3.8) is 0 Å². The number of hydrogen-bond acceptors (Lipinski definition) is 3. The average molecular weight is 291 g/mol. The molecule has 1 N–H and O–H groups in total. The van der Waals surface area contributed by atoms with Gasteiger partial charge in [0.05, 0.1) is 5.41 Å². The van der Waals surface area contributed by atoms with Gasteiger partial charge in [-0.15, -0.1) is 0 Å². The van der Waals surface area contributed by atoms with E-state index >= 15 is 0 Å². The molecule has 1 aromatic carbocycles. The molecule has 19 heavy (non-hydrogen) atoms. The minimum atomic E-state index is -4.35. The standard InChI is InChI=1S/C11H11F2NO4S/c1-11(10(15)16)5-14(6-11)19(17,18)9-7(12)3-2-4-8(9)13/h2-4H,5-6H2,1H3,(H,15,16). The molecule has 1 fully saturated rings. The Morgan fingerprint density at radius 3 is 2.21 bits per heavy atom. The fourth-order valence-electron chi connectivity index (χ4n) is 1.90. The topological polar surface area (TPSA) is 74.7 Å². The zero-order chi connectivity index (χ0) is 14.4. The van der Waals surface area contributed by atoms with E-state index in [1.807, 2.05) is 0 Å². The van der Waals surface area contributed by atoms with Crippen LogP contribution in [-0.2, 0) is 14.8 Å². The van der Waals surface area contributed by atoms with Crippen molar-refractivity contribution in [2.24, 2.45) is 5.41 Å². The van der Waals surface area contributed by atoms with E-state index in [0.29, 0.717) is 0 Å². The Morgan fingerprint density at radius 2 is 1.79 bits per heavy atom. The SMILES string of the molecule is CC1(C(=O)O)CN(S(=O)(=O)c2c(F)cccc2F)C1. The molecule has 0 aromatic heterocycles. The Labute approximate surface area is 108 Å². The van der Waals surface area contributed by atoms with Gasteiger partial charge in [0.2, 0.25) is 10.0 Å². The lowest BCUT2D eigenvalue weighted by Crippen LogP contribution is -2.60. The zero-order valence-electron chi connectivity index (χ0n) is 9.93. The first-order valence-electron chi connectivity index (χ1n) is 5.36. The largest absolute Gasteiger partial charge is 0.481 e. The van der Waals surface area contributed by atoms with Crippen LogP contribution in [0, 0.1) is 17.0 Å². The summed E-state index contributed by atoms with van der Waals surface area (Å²) in [5.74, 6) is -3.53. The van der Waals surface area contributed by atoms with Crippen LogP contribution in [-0.4, -0.2) is 36.9 Å². The highest BCUT2D eigenvalue weighted by molar-refractivity contribution is 7.89. The van der Waals surface area contributed by atoms with Gasteiger partial charge in [0.25, 0.3) is 0 Å². The van der Waals surface area contributed by atoms with E-state index in [0.717, 1.165) is 22.5 Å². The van der Waals surface area contributed by atoms with Crippen molar-refractivity contribution < 1.29 is 27.1 Å². The second-order valence-electron chi connectivity index (χ2n) is 4.69. The summed E-state index contributed by atoms with van der Waals surface area (Å²) in [6, 6.07) is 2.74. The summed E-state index contributed by atoms with van der Waals surface area (Å²) >= 11 is 0. The molecule has 0 saturated carbocycles. The average Bonchev–Trinajstić information content (AvgIpc) is 2.23. The highest BCUT2D eigenvalue weighted by Gasteiger charge is 2.51. The molecule has 0 radical (unpaired) electrons. The first kappa shape index (κ1) is 13.9. The van der Waals surface area contributed by atoms with Crippen LogP contribution in [0.4, 0.5) is 8.78 Å². The lowest BCUT2D eigenvalue weighted by molar-refractivity contribution is -0.154. The predicted molar refractivity (Wildman–Crippen MR) is 60.9 cm³/mol. The van der Waals surface area contributed by atoms with Gasteiger partial charge in [0.15, 0.2) is 4.90 Å². The maximum Gasteiger partial charge on any atom is 0.312 e. The van der Waals surface area contributed by atoms with Gasteiger partial charge < -0.3 is 5.11 Å². The Kier molecular flexibility index (Phi) is 3.10. The second kappa shape index (κ2) is 4.24. The molecule has 8 heteroatoms. The minimum absolute atomic E-state index is 0.307. The molecule has 1 aliphatic rings. The number of nitrogens with zero attached hydrogens (tertiary/aromatic N) is 1. The summed E-state index contributed by atoms with van der Waals surface area (Å²) in [5.41, 5.74) is -1.21. The van der Waals surface area contributed by atoms with Crippen molar-refractivity contribution in [2.45, 2.75) is 11.8 Å². The Morgan fingerprint density at radius 1 is 1.32 bits per heavy atom. The number of sulfonamides is 1. The Bertz CT molecular complexity index is 618. The summed E-state index contributed by atoms with van der Waals surface area (Å²) in [6.07, 6.45) is 0. The van der Waals surface area contributed by atoms with E-state index in [1.54, 1.807) is 0 Å². The number of rotatable bonds is 3. The second-order valence-corrected chi connectivity index (χ2v) is 6.56. The van der Waals surface area contributed by atoms with E-state index in [9.17, 15) is 22.0 Å². The lowest BCUT2D eigenvalue weighted by Gasteiger charge is -2.43. The number of halogens is 2. The van der Waals surface area contributed by atoms with Gasteiger partial charge >= 0.3 is 5.97 Å². The molecule has 1 saturated heterocycles. The number of carboxylic acid groups (broad SMARTS) is 1. The van der Waals surface area contributed by atoms with Crippen LogP contribution in [0.5, 0.6) is 0 Å². The van der Waals surface area contributed by atoms with E-state index in [4.69, 9.17) is 5.11 Å². The molecular weight excluding hydrogens is 280 g/mol. The Balaban J connectivity index is 2.34. The van der Waals surface area contributed by atoms with E-state index in [1.165, 1.54) is 6.92 Å². The van der Waals surface area contributed by atoms with E-state index < -0.39 is 37.9 Å². The number of carboxylic acids is 1. The molecular formula is C11H11F2NO4S. The summed E-state index contributed by atoms with van der Waals surface area (Å²) in [6.45, 7) is 0.760. The van der Waals surface area contributed by atoms with Gasteiger partial charge in [0, 0.05) is 13.1 Å². The summed E-state index contributed by atoms with van der Waals surface area (Å²) in [4.78, 5) is 9.84. The summed E-state index contributed by atoms with van der Waals surface area (Å²) in [7, 11) is -4.35. The maximum atomic E-state index is 13.5. The number of hydrogen-bond donors (Lipinski definition) is 1. The normalized spacial score (nSPS) is 18.9. The molecule has 1 aromatic rings. The quantitative estimate of drug-likeness (QED) is 0.903.